The Morgan fingerprint density at radius 2 is 1.47 bits per heavy atom. The van der Waals surface area contributed by atoms with Gasteiger partial charge in [-0.2, -0.15) is 0 Å². The molecular weight excluding hydrogens is 236 g/mol. The molecule has 0 aromatic heterocycles. The van der Waals surface area contributed by atoms with Gasteiger partial charge in [-0.05, 0) is 42.0 Å². The highest BCUT2D eigenvalue weighted by molar-refractivity contribution is 5.43. The molecular formula is C16H20N2O. The summed E-state index contributed by atoms with van der Waals surface area (Å²) >= 11 is 0. The first kappa shape index (κ1) is 13.4. The lowest BCUT2D eigenvalue weighted by atomic mass is 10.2. The van der Waals surface area contributed by atoms with Crippen LogP contribution in [-0.2, 0) is 6.54 Å². The summed E-state index contributed by atoms with van der Waals surface area (Å²) in [4.78, 5) is 0. The van der Waals surface area contributed by atoms with Crippen LogP contribution in [0, 0.1) is 0 Å². The average molecular weight is 256 g/mol. The van der Waals surface area contributed by atoms with E-state index in [1.807, 2.05) is 36.4 Å². The van der Waals surface area contributed by atoms with Gasteiger partial charge in [-0.3, -0.25) is 0 Å². The molecule has 2 aromatic rings. The lowest BCUT2D eigenvalue weighted by Gasteiger charge is -2.09. The lowest BCUT2D eigenvalue weighted by Crippen LogP contribution is -2.21. The standard InChI is InChI=1S/C16H20N2O/c1-12(2)18-11-13-3-7-15(8-4-13)19-16-9-5-14(17)6-10-16/h3-10,12,18H,11,17H2,1-2H3. The van der Waals surface area contributed by atoms with Crippen molar-refractivity contribution in [2.24, 2.45) is 0 Å². The number of rotatable bonds is 5. The number of anilines is 1. The van der Waals surface area contributed by atoms with E-state index in [0.29, 0.717) is 6.04 Å². The quantitative estimate of drug-likeness (QED) is 0.804. The van der Waals surface area contributed by atoms with Crippen molar-refractivity contribution in [1.82, 2.24) is 5.32 Å². The highest BCUT2D eigenvalue weighted by atomic mass is 16.5. The van der Waals surface area contributed by atoms with Crippen LogP contribution in [0.5, 0.6) is 11.5 Å². The topological polar surface area (TPSA) is 47.3 Å². The Morgan fingerprint density at radius 1 is 0.947 bits per heavy atom. The van der Waals surface area contributed by atoms with E-state index in [9.17, 15) is 0 Å². The van der Waals surface area contributed by atoms with Crippen LogP contribution in [-0.4, -0.2) is 6.04 Å². The number of hydrogen-bond donors (Lipinski definition) is 2. The van der Waals surface area contributed by atoms with Gasteiger partial charge in [-0.1, -0.05) is 26.0 Å². The Morgan fingerprint density at radius 3 is 2.00 bits per heavy atom. The minimum absolute atomic E-state index is 0.491. The molecule has 0 unspecified atom stereocenters. The van der Waals surface area contributed by atoms with Gasteiger partial charge in [0.15, 0.2) is 0 Å². The van der Waals surface area contributed by atoms with Crippen LogP contribution in [0.1, 0.15) is 19.4 Å². The van der Waals surface area contributed by atoms with Crippen molar-refractivity contribution in [3.8, 4) is 11.5 Å². The van der Waals surface area contributed by atoms with Crippen molar-refractivity contribution < 1.29 is 4.74 Å². The van der Waals surface area contributed by atoms with Gasteiger partial charge in [0.2, 0.25) is 0 Å². The van der Waals surface area contributed by atoms with Crippen LogP contribution in [0.15, 0.2) is 48.5 Å². The smallest absolute Gasteiger partial charge is 0.127 e. The molecule has 2 rings (SSSR count). The van der Waals surface area contributed by atoms with Gasteiger partial charge in [0, 0.05) is 18.3 Å². The number of hydrogen-bond acceptors (Lipinski definition) is 3. The molecule has 0 aliphatic carbocycles. The van der Waals surface area contributed by atoms with Crippen molar-refractivity contribution in [3.63, 3.8) is 0 Å². The maximum atomic E-state index is 5.74. The van der Waals surface area contributed by atoms with Gasteiger partial charge in [-0.15, -0.1) is 0 Å². The van der Waals surface area contributed by atoms with E-state index >= 15 is 0 Å². The predicted molar refractivity (Wildman–Crippen MR) is 79.3 cm³/mol. The normalized spacial score (nSPS) is 10.7. The first-order chi connectivity index (χ1) is 9.13. The van der Waals surface area contributed by atoms with Gasteiger partial charge in [0.1, 0.15) is 11.5 Å². The summed E-state index contributed by atoms with van der Waals surface area (Å²) in [5, 5.41) is 3.38. The van der Waals surface area contributed by atoms with Crippen LogP contribution in [0.2, 0.25) is 0 Å². The molecule has 100 valence electrons. The van der Waals surface area contributed by atoms with Gasteiger partial charge < -0.3 is 15.8 Å². The number of nitrogen functional groups attached to an aromatic ring is 1. The molecule has 0 saturated heterocycles. The third kappa shape index (κ3) is 4.30. The zero-order valence-corrected chi connectivity index (χ0v) is 11.4. The van der Waals surface area contributed by atoms with Crippen LogP contribution in [0.3, 0.4) is 0 Å². The first-order valence-electron chi connectivity index (χ1n) is 6.49. The summed E-state index contributed by atoms with van der Waals surface area (Å²) in [6, 6.07) is 16.0. The fourth-order valence-electron chi connectivity index (χ4n) is 1.67. The highest BCUT2D eigenvalue weighted by Gasteiger charge is 1.99. The number of nitrogens with one attached hydrogen (secondary N) is 1. The molecule has 0 bridgehead atoms. The second-order valence-electron chi connectivity index (χ2n) is 4.85. The molecule has 3 heteroatoms. The van der Waals surface area contributed by atoms with Crippen molar-refractivity contribution in [2.45, 2.75) is 26.4 Å². The summed E-state index contributed by atoms with van der Waals surface area (Å²) in [7, 11) is 0. The molecule has 3 nitrogen and oxygen atoms in total. The number of ether oxygens (including phenoxy) is 1. The van der Waals surface area contributed by atoms with E-state index in [4.69, 9.17) is 10.5 Å². The summed E-state index contributed by atoms with van der Waals surface area (Å²) in [5.74, 6) is 1.63. The van der Waals surface area contributed by atoms with Gasteiger partial charge in [0.05, 0.1) is 0 Å². The second-order valence-corrected chi connectivity index (χ2v) is 4.85. The molecule has 0 spiro atoms. The van der Waals surface area contributed by atoms with E-state index in [1.54, 1.807) is 0 Å². The van der Waals surface area contributed by atoms with Crippen molar-refractivity contribution in [3.05, 3.63) is 54.1 Å². The summed E-state index contributed by atoms with van der Waals surface area (Å²) in [6.45, 7) is 5.15. The lowest BCUT2D eigenvalue weighted by molar-refractivity contribution is 0.482. The predicted octanol–water partition coefficient (Wildman–Crippen LogP) is 3.56. The largest absolute Gasteiger partial charge is 0.457 e. The van der Waals surface area contributed by atoms with Crippen LogP contribution >= 0.6 is 0 Å². The molecule has 0 aliphatic rings. The molecule has 0 atom stereocenters. The molecule has 2 aromatic carbocycles. The Balaban J connectivity index is 1.96. The fourth-order valence-corrected chi connectivity index (χ4v) is 1.67. The van der Waals surface area contributed by atoms with Gasteiger partial charge >= 0.3 is 0 Å². The van der Waals surface area contributed by atoms with Crippen molar-refractivity contribution >= 4 is 5.69 Å². The third-order valence-electron chi connectivity index (χ3n) is 2.75. The van der Waals surface area contributed by atoms with Crippen LogP contribution < -0.4 is 15.8 Å². The van der Waals surface area contributed by atoms with Gasteiger partial charge in [-0.25, -0.2) is 0 Å². The first-order valence-corrected chi connectivity index (χ1v) is 6.49. The fraction of sp³-hybridized carbons (Fsp3) is 0.250. The number of benzene rings is 2. The zero-order chi connectivity index (χ0) is 13.7. The van der Waals surface area contributed by atoms with E-state index in [2.05, 4.69) is 31.3 Å². The molecule has 3 N–H and O–H groups in total. The number of nitrogens with two attached hydrogens (primary N) is 1. The van der Waals surface area contributed by atoms with Crippen molar-refractivity contribution in [1.29, 1.82) is 0 Å². The summed E-state index contributed by atoms with van der Waals surface area (Å²) < 4.78 is 5.74. The average Bonchev–Trinajstić information content (AvgIpc) is 2.40. The second kappa shape index (κ2) is 6.25. The molecule has 19 heavy (non-hydrogen) atoms. The molecule has 0 fully saturated rings. The van der Waals surface area contributed by atoms with E-state index < -0.39 is 0 Å². The monoisotopic (exact) mass is 256 g/mol. The SMILES string of the molecule is CC(C)NCc1ccc(Oc2ccc(N)cc2)cc1. The highest BCUT2D eigenvalue weighted by Crippen LogP contribution is 2.22. The minimum Gasteiger partial charge on any atom is -0.457 e. The Bertz CT molecular complexity index is 503. The Labute approximate surface area is 114 Å². The van der Waals surface area contributed by atoms with E-state index in [1.165, 1.54) is 5.56 Å². The Hall–Kier alpha value is -2.00. The van der Waals surface area contributed by atoms with Crippen LogP contribution in [0.25, 0.3) is 0 Å². The maximum absolute atomic E-state index is 5.74. The molecule has 0 saturated carbocycles. The summed E-state index contributed by atoms with van der Waals surface area (Å²) in [5.41, 5.74) is 7.62. The summed E-state index contributed by atoms with van der Waals surface area (Å²) in [6.07, 6.45) is 0. The molecule has 0 aliphatic heterocycles. The zero-order valence-electron chi connectivity index (χ0n) is 11.4. The third-order valence-corrected chi connectivity index (χ3v) is 2.75. The molecule has 0 amide bonds. The van der Waals surface area contributed by atoms with E-state index in [0.717, 1.165) is 23.7 Å². The van der Waals surface area contributed by atoms with Crippen molar-refractivity contribution in [2.75, 3.05) is 5.73 Å². The minimum atomic E-state index is 0.491. The Kier molecular flexibility index (Phi) is 4.42. The van der Waals surface area contributed by atoms with Gasteiger partial charge in [0.25, 0.3) is 0 Å². The molecule has 0 heterocycles. The maximum Gasteiger partial charge on any atom is 0.127 e. The molecule has 0 radical (unpaired) electrons. The van der Waals surface area contributed by atoms with Crippen LogP contribution in [0.4, 0.5) is 5.69 Å². The van der Waals surface area contributed by atoms with E-state index in [-0.39, 0.29) is 0 Å².